The van der Waals surface area contributed by atoms with Crippen LogP contribution in [-0.2, 0) is 0 Å². The number of nitrogens with zero attached hydrogens (tertiary/aromatic N) is 1. The third kappa shape index (κ3) is 5.93. The first-order valence-electron chi connectivity index (χ1n) is 13.0. The van der Waals surface area contributed by atoms with Crippen molar-refractivity contribution in [2.75, 3.05) is 6.61 Å². The second kappa shape index (κ2) is 11.9. The van der Waals surface area contributed by atoms with E-state index in [4.69, 9.17) is 9.72 Å². The van der Waals surface area contributed by atoms with Crippen LogP contribution < -0.4 is 10.1 Å². The summed E-state index contributed by atoms with van der Waals surface area (Å²) < 4.78 is 5.91. The van der Waals surface area contributed by atoms with Crippen molar-refractivity contribution in [2.45, 2.75) is 58.9 Å². The zero-order chi connectivity index (χ0) is 25.5. The van der Waals surface area contributed by atoms with E-state index in [-0.39, 0.29) is 11.9 Å². The first kappa shape index (κ1) is 25.4. The van der Waals surface area contributed by atoms with Crippen LogP contribution in [0.25, 0.3) is 22.2 Å². The van der Waals surface area contributed by atoms with Gasteiger partial charge in [0.25, 0.3) is 5.91 Å². The number of carbonyl (C=O) groups excluding carboxylic acids is 1. The Hall–Kier alpha value is -3.66. The van der Waals surface area contributed by atoms with Crippen LogP contribution in [0.15, 0.2) is 78.9 Å². The van der Waals surface area contributed by atoms with Crippen molar-refractivity contribution in [3.05, 3.63) is 95.6 Å². The predicted molar refractivity (Wildman–Crippen MR) is 149 cm³/mol. The van der Waals surface area contributed by atoms with Crippen molar-refractivity contribution < 1.29 is 9.53 Å². The smallest absolute Gasteiger partial charge is 0.252 e. The van der Waals surface area contributed by atoms with Gasteiger partial charge in [0.15, 0.2) is 0 Å². The minimum absolute atomic E-state index is 0.0654. The van der Waals surface area contributed by atoms with Crippen molar-refractivity contribution in [1.82, 2.24) is 10.3 Å². The molecule has 1 unspecified atom stereocenters. The third-order valence-electron chi connectivity index (χ3n) is 6.58. The lowest BCUT2D eigenvalue weighted by molar-refractivity contribution is 0.0937. The summed E-state index contributed by atoms with van der Waals surface area (Å²) in [6, 6.07) is 26.2. The molecule has 36 heavy (non-hydrogen) atoms. The maximum absolute atomic E-state index is 13.6. The summed E-state index contributed by atoms with van der Waals surface area (Å²) >= 11 is 0. The first-order valence-corrected chi connectivity index (χ1v) is 13.0. The average Bonchev–Trinajstić information content (AvgIpc) is 2.91. The lowest BCUT2D eigenvalue weighted by Crippen LogP contribution is -2.28. The van der Waals surface area contributed by atoms with Crippen molar-refractivity contribution in [1.29, 1.82) is 0 Å². The maximum atomic E-state index is 13.6. The fraction of sp³-hybridized carbons (Fsp3) is 0.312. The number of rotatable bonds is 10. The van der Waals surface area contributed by atoms with Crippen molar-refractivity contribution in [2.24, 2.45) is 0 Å². The minimum Gasteiger partial charge on any atom is -0.494 e. The molecule has 0 saturated carbocycles. The summed E-state index contributed by atoms with van der Waals surface area (Å²) in [5.41, 5.74) is 5.53. The van der Waals surface area contributed by atoms with E-state index in [1.54, 1.807) is 0 Å². The number of ether oxygens (including phenoxy) is 1. The van der Waals surface area contributed by atoms with Crippen LogP contribution in [0, 0.1) is 0 Å². The minimum atomic E-state index is -0.0926. The van der Waals surface area contributed by atoms with E-state index in [0.717, 1.165) is 52.7 Å². The summed E-state index contributed by atoms with van der Waals surface area (Å²) in [6.07, 6.45) is 2.91. The number of benzene rings is 3. The van der Waals surface area contributed by atoms with Gasteiger partial charge < -0.3 is 10.1 Å². The number of para-hydroxylation sites is 1. The van der Waals surface area contributed by atoms with E-state index in [2.05, 4.69) is 57.3 Å². The van der Waals surface area contributed by atoms with E-state index in [1.165, 1.54) is 5.56 Å². The molecule has 0 radical (unpaired) electrons. The molecule has 0 fully saturated rings. The van der Waals surface area contributed by atoms with Gasteiger partial charge in [-0.3, -0.25) is 4.79 Å². The fourth-order valence-electron chi connectivity index (χ4n) is 4.36. The molecule has 0 aliphatic heterocycles. The van der Waals surface area contributed by atoms with Crippen LogP contribution in [0.1, 0.15) is 80.4 Å². The van der Waals surface area contributed by atoms with Crippen LogP contribution in [-0.4, -0.2) is 17.5 Å². The molecule has 1 N–H and O–H groups in total. The number of pyridine rings is 1. The molecule has 4 nitrogen and oxygen atoms in total. The molecule has 1 aromatic heterocycles. The van der Waals surface area contributed by atoms with Crippen LogP contribution in [0.5, 0.6) is 5.75 Å². The highest BCUT2D eigenvalue weighted by Crippen LogP contribution is 2.28. The fourth-order valence-corrected chi connectivity index (χ4v) is 4.36. The van der Waals surface area contributed by atoms with Gasteiger partial charge in [0.2, 0.25) is 0 Å². The maximum Gasteiger partial charge on any atom is 0.252 e. The first-order chi connectivity index (χ1) is 17.5. The molecular weight excluding hydrogens is 444 g/mol. The van der Waals surface area contributed by atoms with E-state index >= 15 is 0 Å². The summed E-state index contributed by atoms with van der Waals surface area (Å²) in [5, 5.41) is 4.12. The van der Waals surface area contributed by atoms with Crippen molar-refractivity contribution in [3.63, 3.8) is 0 Å². The second-order valence-electron chi connectivity index (χ2n) is 9.56. The van der Waals surface area contributed by atoms with Gasteiger partial charge >= 0.3 is 0 Å². The average molecular weight is 481 g/mol. The highest BCUT2D eigenvalue weighted by atomic mass is 16.5. The summed E-state index contributed by atoms with van der Waals surface area (Å²) in [4.78, 5) is 18.5. The standard InChI is InChI=1S/C32H36N2O2/c1-5-7-19-36-26-12-10-11-25(20-26)31-21-28(27-13-8-9-14-30(27)33-31)32(35)34-29(6-2)24-17-15-23(16-18-24)22(3)4/h8-18,20-22,29H,5-7,19H2,1-4H3,(H,34,35). The number of unbranched alkanes of at least 4 members (excludes halogenated alkanes) is 1. The predicted octanol–water partition coefficient (Wildman–Crippen LogP) is 8.09. The summed E-state index contributed by atoms with van der Waals surface area (Å²) in [7, 11) is 0. The summed E-state index contributed by atoms with van der Waals surface area (Å²) in [5.74, 6) is 1.20. The normalized spacial score (nSPS) is 12.0. The zero-order valence-corrected chi connectivity index (χ0v) is 21.8. The molecule has 0 saturated heterocycles. The van der Waals surface area contributed by atoms with E-state index in [1.807, 2.05) is 54.6 Å². The molecule has 1 amide bonds. The molecule has 4 aromatic rings. The Morgan fingerprint density at radius 2 is 1.67 bits per heavy atom. The quantitative estimate of drug-likeness (QED) is 0.233. The van der Waals surface area contributed by atoms with Gasteiger partial charge in [-0.15, -0.1) is 0 Å². The molecule has 1 atom stereocenters. The van der Waals surface area contributed by atoms with E-state index < -0.39 is 0 Å². The number of amides is 1. The van der Waals surface area contributed by atoms with Gasteiger partial charge in [-0.2, -0.15) is 0 Å². The van der Waals surface area contributed by atoms with Crippen molar-refractivity contribution >= 4 is 16.8 Å². The largest absolute Gasteiger partial charge is 0.494 e. The van der Waals surface area contributed by atoms with Crippen LogP contribution in [0.2, 0.25) is 0 Å². The van der Waals surface area contributed by atoms with Gasteiger partial charge in [-0.25, -0.2) is 4.98 Å². The van der Waals surface area contributed by atoms with Gasteiger partial charge in [0.05, 0.1) is 29.4 Å². The number of nitrogens with one attached hydrogen (secondary N) is 1. The molecule has 4 rings (SSSR count). The number of hydrogen-bond donors (Lipinski definition) is 1. The van der Waals surface area contributed by atoms with Crippen LogP contribution in [0.4, 0.5) is 0 Å². The molecule has 0 spiro atoms. The Labute approximate surface area is 214 Å². The lowest BCUT2D eigenvalue weighted by atomic mass is 9.97. The monoisotopic (exact) mass is 480 g/mol. The number of carbonyl (C=O) groups is 1. The Kier molecular flexibility index (Phi) is 8.37. The molecule has 186 valence electrons. The van der Waals surface area contributed by atoms with Gasteiger partial charge in [-0.1, -0.05) is 88.7 Å². The number of hydrogen-bond acceptors (Lipinski definition) is 3. The Morgan fingerprint density at radius 3 is 2.39 bits per heavy atom. The highest BCUT2D eigenvalue weighted by molar-refractivity contribution is 6.07. The zero-order valence-electron chi connectivity index (χ0n) is 21.8. The van der Waals surface area contributed by atoms with Gasteiger partial charge in [-0.05, 0) is 54.2 Å². The van der Waals surface area contributed by atoms with Crippen LogP contribution >= 0.6 is 0 Å². The molecule has 0 bridgehead atoms. The molecule has 0 aliphatic carbocycles. The SMILES string of the molecule is CCCCOc1cccc(-c2cc(C(=O)NC(CC)c3ccc(C(C)C)cc3)c3ccccc3n2)c1. The molecule has 1 heterocycles. The van der Waals surface area contributed by atoms with E-state index in [9.17, 15) is 4.79 Å². The third-order valence-corrected chi connectivity index (χ3v) is 6.58. The Morgan fingerprint density at radius 1 is 0.917 bits per heavy atom. The van der Waals surface area contributed by atoms with Crippen molar-refractivity contribution in [3.8, 4) is 17.0 Å². The summed E-state index contributed by atoms with van der Waals surface area (Å²) in [6.45, 7) is 9.31. The molecule has 3 aromatic carbocycles. The molecular formula is C32H36N2O2. The highest BCUT2D eigenvalue weighted by Gasteiger charge is 2.18. The number of aromatic nitrogens is 1. The Balaban J connectivity index is 1.65. The number of fused-ring (bicyclic) bond motifs is 1. The van der Waals surface area contributed by atoms with E-state index in [0.29, 0.717) is 18.1 Å². The topological polar surface area (TPSA) is 51.2 Å². The molecule has 0 aliphatic rings. The molecule has 4 heteroatoms. The lowest BCUT2D eigenvalue weighted by Gasteiger charge is -2.19. The van der Waals surface area contributed by atoms with Gasteiger partial charge in [0.1, 0.15) is 5.75 Å². The Bertz CT molecular complexity index is 1310. The second-order valence-corrected chi connectivity index (χ2v) is 9.56. The van der Waals surface area contributed by atoms with Gasteiger partial charge in [0, 0.05) is 10.9 Å². The van der Waals surface area contributed by atoms with Crippen LogP contribution in [0.3, 0.4) is 0 Å².